The van der Waals surface area contributed by atoms with Crippen molar-refractivity contribution < 1.29 is 18.4 Å². The molecule has 0 spiro atoms. The van der Waals surface area contributed by atoms with E-state index in [4.69, 9.17) is 4.84 Å². The summed E-state index contributed by atoms with van der Waals surface area (Å²) in [6, 6.07) is 18.5. The van der Waals surface area contributed by atoms with Crippen LogP contribution in [-0.4, -0.2) is 29.3 Å². The second-order valence-corrected chi connectivity index (χ2v) is 8.43. The lowest BCUT2D eigenvalue weighted by Crippen LogP contribution is -2.40. The summed E-state index contributed by atoms with van der Waals surface area (Å²) in [5, 5.41) is 7.07. The first-order valence-corrected chi connectivity index (χ1v) is 11.3. The van der Waals surface area contributed by atoms with Crippen molar-refractivity contribution in [2.24, 2.45) is 5.16 Å². The molecule has 0 bridgehead atoms. The van der Waals surface area contributed by atoms with Crippen molar-refractivity contribution in [1.29, 1.82) is 0 Å². The number of anilines is 1. The van der Waals surface area contributed by atoms with Crippen molar-refractivity contribution >= 4 is 17.4 Å². The zero-order valence-electron chi connectivity index (χ0n) is 19.2. The van der Waals surface area contributed by atoms with Crippen LogP contribution in [0.1, 0.15) is 35.6 Å². The summed E-state index contributed by atoms with van der Waals surface area (Å²) >= 11 is 0. The molecule has 1 N–H and O–H groups in total. The zero-order chi connectivity index (χ0) is 24.1. The number of benzene rings is 3. The van der Waals surface area contributed by atoms with Crippen molar-refractivity contribution in [2.75, 3.05) is 11.9 Å². The number of nitrogens with zero attached hydrogens (tertiary/aromatic N) is 2. The number of rotatable bonds is 7. The van der Waals surface area contributed by atoms with Crippen molar-refractivity contribution in [3.05, 3.63) is 101 Å². The van der Waals surface area contributed by atoms with Gasteiger partial charge in [-0.05, 0) is 42.7 Å². The number of halogens is 2. The maximum absolute atomic E-state index is 14.4. The highest BCUT2D eigenvalue weighted by Gasteiger charge is 2.27. The molecule has 1 unspecified atom stereocenters. The van der Waals surface area contributed by atoms with Crippen LogP contribution >= 0.6 is 0 Å². The summed E-state index contributed by atoms with van der Waals surface area (Å²) in [6.45, 7) is 4.22. The lowest BCUT2D eigenvalue weighted by atomic mass is 10.0. The van der Waals surface area contributed by atoms with Gasteiger partial charge in [0.15, 0.2) is 6.10 Å². The standard InChI is InChI=1S/C27H27F2N3O2/c1-3-19-6-12-23(13-7-19)30-27(33)32(16-21-10-11-22(28)14-25(21)29)17-24-15-26(31-34-24)20-8-4-18(2)5-9-20/h4-14,24H,3,15-17H2,1-2H3,(H,30,33). The number of aryl methyl sites for hydroxylation is 2. The summed E-state index contributed by atoms with van der Waals surface area (Å²) in [7, 11) is 0. The Labute approximate surface area is 198 Å². The van der Waals surface area contributed by atoms with Gasteiger partial charge < -0.3 is 15.1 Å². The summed E-state index contributed by atoms with van der Waals surface area (Å²) < 4.78 is 27.7. The molecule has 4 rings (SSSR count). The van der Waals surface area contributed by atoms with Gasteiger partial charge >= 0.3 is 6.03 Å². The van der Waals surface area contributed by atoms with Gasteiger partial charge in [-0.3, -0.25) is 0 Å². The molecule has 7 heteroatoms. The van der Waals surface area contributed by atoms with Crippen LogP contribution in [-0.2, 0) is 17.8 Å². The zero-order valence-corrected chi connectivity index (χ0v) is 19.2. The third-order valence-electron chi connectivity index (χ3n) is 5.82. The fraction of sp³-hybridized carbons (Fsp3) is 0.259. The van der Waals surface area contributed by atoms with Gasteiger partial charge in [0.25, 0.3) is 0 Å². The van der Waals surface area contributed by atoms with E-state index in [0.717, 1.165) is 34.9 Å². The third-order valence-corrected chi connectivity index (χ3v) is 5.82. The molecule has 0 saturated heterocycles. The molecular formula is C27H27F2N3O2. The fourth-order valence-electron chi connectivity index (χ4n) is 3.79. The predicted octanol–water partition coefficient (Wildman–Crippen LogP) is 6.06. The molecule has 0 saturated carbocycles. The van der Waals surface area contributed by atoms with E-state index in [1.165, 1.54) is 17.0 Å². The van der Waals surface area contributed by atoms with Crippen molar-refractivity contribution in [3.63, 3.8) is 0 Å². The number of carbonyl (C=O) groups excluding carboxylic acids is 1. The largest absolute Gasteiger partial charge is 0.390 e. The Hall–Kier alpha value is -3.74. The molecule has 1 aliphatic heterocycles. The van der Waals surface area contributed by atoms with E-state index in [1.54, 1.807) is 0 Å². The van der Waals surface area contributed by atoms with Gasteiger partial charge in [-0.25, -0.2) is 13.6 Å². The number of urea groups is 1. The number of hydrogen-bond donors (Lipinski definition) is 1. The van der Waals surface area contributed by atoms with E-state index in [-0.39, 0.29) is 24.8 Å². The minimum Gasteiger partial charge on any atom is -0.390 e. The van der Waals surface area contributed by atoms with Gasteiger partial charge in [0, 0.05) is 23.7 Å². The van der Waals surface area contributed by atoms with Crippen LogP contribution in [0.15, 0.2) is 71.9 Å². The van der Waals surface area contributed by atoms with Gasteiger partial charge in [-0.1, -0.05) is 60.1 Å². The number of hydrogen-bond acceptors (Lipinski definition) is 3. The lowest BCUT2D eigenvalue weighted by molar-refractivity contribution is 0.0606. The van der Waals surface area contributed by atoms with Gasteiger partial charge in [-0.15, -0.1) is 0 Å². The normalized spacial score (nSPS) is 14.9. The molecule has 0 aromatic heterocycles. The molecule has 34 heavy (non-hydrogen) atoms. The number of nitrogens with one attached hydrogen (secondary N) is 1. The summed E-state index contributed by atoms with van der Waals surface area (Å²) in [6.07, 6.45) is 1.03. The molecule has 0 fully saturated rings. The number of carbonyl (C=O) groups is 1. The van der Waals surface area contributed by atoms with Crippen LogP contribution in [0.25, 0.3) is 0 Å². The summed E-state index contributed by atoms with van der Waals surface area (Å²) in [4.78, 5) is 20.2. The monoisotopic (exact) mass is 463 g/mol. The quantitative estimate of drug-likeness (QED) is 0.463. The lowest BCUT2D eigenvalue weighted by Gasteiger charge is -2.25. The van der Waals surface area contributed by atoms with Crippen molar-refractivity contribution in [1.82, 2.24) is 4.90 Å². The smallest absolute Gasteiger partial charge is 0.322 e. The third kappa shape index (κ3) is 5.78. The number of oxime groups is 1. The Morgan fingerprint density at radius 3 is 2.50 bits per heavy atom. The van der Waals surface area contributed by atoms with Crippen LogP contribution < -0.4 is 5.32 Å². The molecule has 176 valence electrons. The first-order valence-electron chi connectivity index (χ1n) is 11.3. The average molecular weight is 464 g/mol. The van der Waals surface area contributed by atoms with Crippen molar-refractivity contribution in [2.45, 2.75) is 39.3 Å². The average Bonchev–Trinajstić information content (AvgIpc) is 3.29. The molecular weight excluding hydrogens is 436 g/mol. The highest BCUT2D eigenvalue weighted by Crippen LogP contribution is 2.21. The van der Waals surface area contributed by atoms with Gasteiger partial charge in [0.2, 0.25) is 0 Å². The molecule has 0 radical (unpaired) electrons. The maximum Gasteiger partial charge on any atom is 0.322 e. The van der Waals surface area contributed by atoms with E-state index in [9.17, 15) is 13.6 Å². The Morgan fingerprint density at radius 2 is 1.82 bits per heavy atom. The molecule has 2 amide bonds. The Morgan fingerprint density at radius 1 is 1.09 bits per heavy atom. The fourth-order valence-corrected chi connectivity index (χ4v) is 3.79. The van der Waals surface area contributed by atoms with Gasteiger partial charge in [0.1, 0.15) is 11.6 Å². The molecule has 3 aromatic carbocycles. The van der Waals surface area contributed by atoms with Gasteiger partial charge in [0.05, 0.1) is 18.8 Å². The van der Waals surface area contributed by atoms with Crippen LogP contribution in [0.3, 0.4) is 0 Å². The van der Waals surface area contributed by atoms with E-state index in [2.05, 4.69) is 17.4 Å². The molecule has 1 atom stereocenters. The molecule has 5 nitrogen and oxygen atoms in total. The van der Waals surface area contributed by atoms with E-state index >= 15 is 0 Å². The molecule has 1 aliphatic rings. The first-order chi connectivity index (χ1) is 16.4. The highest BCUT2D eigenvalue weighted by molar-refractivity contribution is 6.01. The van der Waals surface area contributed by atoms with E-state index in [1.807, 2.05) is 55.5 Å². The number of amides is 2. The SMILES string of the molecule is CCc1ccc(NC(=O)N(Cc2ccc(F)cc2F)CC2CC(c3ccc(C)cc3)=NO2)cc1. The summed E-state index contributed by atoms with van der Waals surface area (Å²) in [5.41, 5.74) is 4.92. The highest BCUT2D eigenvalue weighted by atomic mass is 19.1. The Kier molecular flexibility index (Phi) is 7.21. The van der Waals surface area contributed by atoms with E-state index < -0.39 is 17.7 Å². The van der Waals surface area contributed by atoms with Crippen LogP contribution in [0.4, 0.5) is 19.3 Å². The summed E-state index contributed by atoms with van der Waals surface area (Å²) in [5.74, 6) is -1.36. The maximum atomic E-state index is 14.4. The molecule has 0 aliphatic carbocycles. The predicted molar refractivity (Wildman–Crippen MR) is 129 cm³/mol. The molecule has 1 heterocycles. The molecule has 3 aromatic rings. The van der Waals surface area contributed by atoms with Crippen LogP contribution in [0.2, 0.25) is 0 Å². The van der Waals surface area contributed by atoms with Gasteiger partial charge in [-0.2, -0.15) is 0 Å². The van der Waals surface area contributed by atoms with E-state index in [0.29, 0.717) is 12.1 Å². The minimum atomic E-state index is -0.700. The topological polar surface area (TPSA) is 53.9 Å². The first kappa shape index (κ1) is 23.4. The van der Waals surface area contributed by atoms with Crippen LogP contribution in [0.5, 0.6) is 0 Å². The minimum absolute atomic E-state index is 0.0370. The van der Waals surface area contributed by atoms with Crippen LogP contribution in [0, 0.1) is 18.6 Å². The second-order valence-electron chi connectivity index (χ2n) is 8.43. The van der Waals surface area contributed by atoms with Crippen molar-refractivity contribution in [3.8, 4) is 0 Å². The Balaban J connectivity index is 1.48. The Bertz CT molecular complexity index is 1180. The second kappa shape index (κ2) is 10.5.